The number of benzene rings is 2. The van der Waals surface area contributed by atoms with Crippen LogP contribution in [0.1, 0.15) is 21.5 Å². The number of aliphatic hydroxyl groups excluding tert-OH is 1. The molecule has 0 aliphatic rings. The van der Waals surface area contributed by atoms with Crippen LogP contribution >= 0.6 is 0 Å². The number of hydrogen-bond donors (Lipinski definition) is 3. The number of nitrogens with two attached hydrogens (primary N) is 1. The number of carbonyl (C=O) groups excluding carboxylic acids is 1. The molecule has 0 radical (unpaired) electrons. The molecule has 0 heterocycles. The first kappa shape index (κ1) is 13.1. The Morgan fingerprint density at radius 3 is 2.47 bits per heavy atom. The highest BCUT2D eigenvalue weighted by atomic mass is 16.3. The quantitative estimate of drug-likeness (QED) is 0.729. The highest BCUT2D eigenvalue weighted by Crippen LogP contribution is 2.07. The van der Waals surface area contributed by atoms with Crippen LogP contribution in [0, 0.1) is 0 Å². The van der Waals surface area contributed by atoms with Gasteiger partial charge in [0.1, 0.15) is 0 Å². The van der Waals surface area contributed by atoms with Gasteiger partial charge in [-0.1, -0.05) is 24.3 Å². The molecule has 0 atom stereocenters. The summed E-state index contributed by atoms with van der Waals surface area (Å²) in [6.45, 7) is 0.427. The topological polar surface area (TPSA) is 75.4 Å². The van der Waals surface area contributed by atoms with Gasteiger partial charge >= 0.3 is 0 Å². The summed E-state index contributed by atoms with van der Waals surface area (Å²) in [6.07, 6.45) is 0. The van der Waals surface area contributed by atoms with Gasteiger partial charge in [0.15, 0.2) is 0 Å². The first-order valence-corrected chi connectivity index (χ1v) is 6.01. The van der Waals surface area contributed by atoms with E-state index in [-0.39, 0.29) is 12.5 Å². The zero-order valence-corrected chi connectivity index (χ0v) is 10.5. The maximum atomic E-state index is 11.9. The number of hydrogen-bond acceptors (Lipinski definition) is 3. The second-order valence-corrected chi connectivity index (χ2v) is 4.28. The lowest BCUT2D eigenvalue weighted by atomic mass is 10.1. The van der Waals surface area contributed by atoms with Gasteiger partial charge < -0.3 is 16.2 Å². The van der Waals surface area contributed by atoms with Gasteiger partial charge in [-0.25, -0.2) is 0 Å². The summed E-state index contributed by atoms with van der Waals surface area (Å²) in [5, 5.41) is 11.9. The normalized spacial score (nSPS) is 10.2. The summed E-state index contributed by atoms with van der Waals surface area (Å²) in [5.74, 6) is -0.144. The standard InChI is InChI=1S/C15H16N2O2/c16-14-6-4-13(5-7-14)15(19)17-9-11-2-1-3-12(8-11)10-18/h1-8,18H,9-10,16H2,(H,17,19). The number of anilines is 1. The molecule has 0 spiro atoms. The van der Waals surface area contributed by atoms with Crippen molar-refractivity contribution < 1.29 is 9.90 Å². The van der Waals surface area contributed by atoms with E-state index in [9.17, 15) is 4.79 Å². The van der Waals surface area contributed by atoms with Crippen LogP contribution < -0.4 is 11.1 Å². The first-order valence-electron chi connectivity index (χ1n) is 6.01. The van der Waals surface area contributed by atoms with E-state index in [1.165, 1.54) is 0 Å². The molecule has 2 rings (SSSR count). The van der Waals surface area contributed by atoms with E-state index in [2.05, 4.69) is 5.32 Å². The number of rotatable bonds is 4. The van der Waals surface area contributed by atoms with Gasteiger partial charge in [0, 0.05) is 17.8 Å². The average molecular weight is 256 g/mol. The minimum atomic E-state index is -0.144. The molecule has 0 saturated heterocycles. The van der Waals surface area contributed by atoms with E-state index in [1.807, 2.05) is 24.3 Å². The van der Waals surface area contributed by atoms with Crippen molar-refractivity contribution in [1.82, 2.24) is 5.32 Å². The summed E-state index contributed by atoms with van der Waals surface area (Å²) in [4.78, 5) is 11.9. The molecule has 0 aliphatic heterocycles. The SMILES string of the molecule is Nc1ccc(C(=O)NCc2cccc(CO)c2)cc1. The van der Waals surface area contributed by atoms with Crippen LogP contribution in [0.3, 0.4) is 0 Å². The maximum Gasteiger partial charge on any atom is 0.251 e. The molecule has 98 valence electrons. The fraction of sp³-hybridized carbons (Fsp3) is 0.133. The first-order chi connectivity index (χ1) is 9.19. The highest BCUT2D eigenvalue weighted by molar-refractivity contribution is 5.94. The van der Waals surface area contributed by atoms with Crippen molar-refractivity contribution in [3.05, 3.63) is 65.2 Å². The third-order valence-corrected chi connectivity index (χ3v) is 2.80. The summed E-state index contributed by atoms with van der Waals surface area (Å²) in [5.41, 5.74) is 8.56. The summed E-state index contributed by atoms with van der Waals surface area (Å²) < 4.78 is 0. The van der Waals surface area contributed by atoms with E-state index < -0.39 is 0 Å². The van der Waals surface area contributed by atoms with Gasteiger partial charge in [-0.15, -0.1) is 0 Å². The Labute approximate surface area is 111 Å². The lowest BCUT2D eigenvalue weighted by molar-refractivity contribution is 0.0951. The van der Waals surface area contributed by atoms with Crippen molar-refractivity contribution in [3.63, 3.8) is 0 Å². The smallest absolute Gasteiger partial charge is 0.251 e. The molecule has 4 nitrogen and oxygen atoms in total. The maximum absolute atomic E-state index is 11.9. The predicted octanol–water partition coefficient (Wildman–Crippen LogP) is 1.69. The second-order valence-electron chi connectivity index (χ2n) is 4.28. The van der Waals surface area contributed by atoms with Crippen LogP contribution in [0.15, 0.2) is 48.5 Å². The molecular weight excluding hydrogens is 240 g/mol. The van der Waals surface area contributed by atoms with E-state index in [0.717, 1.165) is 11.1 Å². The fourth-order valence-electron chi connectivity index (χ4n) is 1.76. The van der Waals surface area contributed by atoms with Gasteiger partial charge in [-0.05, 0) is 35.4 Å². The van der Waals surface area contributed by atoms with Crippen molar-refractivity contribution in [3.8, 4) is 0 Å². The highest BCUT2D eigenvalue weighted by Gasteiger charge is 2.04. The van der Waals surface area contributed by atoms with E-state index in [0.29, 0.717) is 17.8 Å². The van der Waals surface area contributed by atoms with Crippen LogP contribution in [-0.2, 0) is 13.2 Å². The van der Waals surface area contributed by atoms with Crippen LogP contribution in [-0.4, -0.2) is 11.0 Å². The Morgan fingerprint density at radius 2 is 1.79 bits per heavy atom. The Kier molecular flexibility index (Phi) is 4.15. The van der Waals surface area contributed by atoms with Gasteiger partial charge in [0.05, 0.1) is 6.61 Å². The molecule has 0 aromatic heterocycles. The van der Waals surface area contributed by atoms with Crippen LogP contribution in [0.5, 0.6) is 0 Å². The molecule has 0 bridgehead atoms. The molecule has 0 aliphatic carbocycles. The second kappa shape index (κ2) is 6.02. The Bertz CT molecular complexity index is 565. The van der Waals surface area contributed by atoms with Crippen LogP contribution in [0.4, 0.5) is 5.69 Å². The third-order valence-electron chi connectivity index (χ3n) is 2.80. The summed E-state index contributed by atoms with van der Waals surface area (Å²) >= 11 is 0. The molecule has 19 heavy (non-hydrogen) atoms. The van der Waals surface area contributed by atoms with E-state index >= 15 is 0 Å². The molecule has 0 fully saturated rings. The van der Waals surface area contributed by atoms with Crippen LogP contribution in [0.25, 0.3) is 0 Å². The minimum absolute atomic E-state index is 0.000249. The van der Waals surface area contributed by atoms with Crippen LogP contribution in [0.2, 0.25) is 0 Å². The number of aliphatic hydroxyl groups is 1. The predicted molar refractivity (Wildman–Crippen MR) is 74.4 cm³/mol. The summed E-state index contributed by atoms with van der Waals surface area (Å²) in [6, 6.07) is 14.2. The zero-order chi connectivity index (χ0) is 13.7. The Morgan fingerprint density at radius 1 is 1.11 bits per heavy atom. The third kappa shape index (κ3) is 3.56. The monoisotopic (exact) mass is 256 g/mol. The zero-order valence-electron chi connectivity index (χ0n) is 10.5. The number of carbonyl (C=O) groups is 1. The largest absolute Gasteiger partial charge is 0.399 e. The number of nitrogen functional groups attached to an aromatic ring is 1. The molecule has 4 heteroatoms. The van der Waals surface area contributed by atoms with Gasteiger partial charge in [0.2, 0.25) is 0 Å². The molecular formula is C15H16N2O2. The molecule has 2 aromatic rings. The average Bonchev–Trinajstić information content (AvgIpc) is 2.46. The van der Waals surface area contributed by atoms with Crippen molar-refractivity contribution in [2.75, 3.05) is 5.73 Å². The lowest BCUT2D eigenvalue weighted by Gasteiger charge is -2.07. The van der Waals surface area contributed by atoms with Crippen molar-refractivity contribution in [2.45, 2.75) is 13.2 Å². The molecule has 1 amide bonds. The minimum Gasteiger partial charge on any atom is -0.399 e. The van der Waals surface area contributed by atoms with Crippen molar-refractivity contribution >= 4 is 11.6 Å². The molecule has 0 saturated carbocycles. The number of nitrogens with one attached hydrogen (secondary N) is 1. The Hall–Kier alpha value is -2.33. The van der Waals surface area contributed by atoms with Crippen molar-refractivity contribution in [1.29, 1.82) is 0 Å². The summed E-state index contributed by atoms with van der Waals surface area (Å²) in [7, 11) is 0. The number of amides is 1. The molecule has 0 unspecified atom stereocenters. The molecule has 4 N–H and O–H groups in total. The fourth-order valence-corrected chi connectivity index (χ4v) is 1.76. The van der Waals surface area contributed by atoms with Gasteiger partial charge in [-0.2, -0.15) is 0 Å². The van der Waals surface area contributed by atoms with Gasteiger partial charge in [0.25, 0.3) is 5.91 Å². The van der Waals surface area contributed by atoms with E-state index in [1.54, 1.807) is 24.3 Å². The van der Waals surface area contributed by atoms with Crippen molar-refractivity contribution in [2.24, 2.45) is 0 Å². The van der Waals surface area contributed by atoms with E-state index in [4.69, 9.17) is 10.8 Å². The lowest BCUT2D eigenvalue weighted by Crippen LogP contribution is -2.22. The Balaban J connectivity index is 1.98. The molecule has 2 aromatic carbocycles. The van der Waals surface area contributed by atoms with Gasteiger partial charge in [-0.3, -0.25) is 4.79 Å².